The van der Waals surface area contributed by atoms with Gasteiger partial charge >= 0.3 is 0 Å². The Morgan fingerprint density at radius 1 is 0.943 bits per heavy atom. The van der Waals surface area contributed by atoms with E-state index in [-0.39, 0.29) is 6.61 Å². The van der Waals surface area contributed by atoms with Crippen molar-refractivity contribution in [2.75, 3.05) is 12.0 Å². The highest BCUT2D eigenvalue weighted by Crippen LogP contribution is 2.34. The molecule has 0 atom stereocenters. The van der Waals surface area contributed by atoms with Crippen molar-refractivity contribution in [2.45, 2.75) is 20.0 Å². The van der Waals surface area contributed by atoms with Gasteiger partial charge in [-0.2, -0.15) is 5.10 Å². The van der Waals surface area contributed by atoms with Crippen LogP contribution in [0.5, 0.6) is 11.5 Å². The number of nitrogens with one attached hydrogen (secondary N) is 1. The molecule has 0 heterocycles. The van der Waals surface area contributed by atoms with Crippen LogP contribution in [-0.2, 0) is 13.0 Å². The zero-order valence-corrected chi connectivity index (χ0v) is 19.2. The van der Waals surface area contributed by atoms with Gasteiger partial charge in [0.2, 0.25) is 5.82 Å². The summed E-state index contributed by atoms with van der Waals surface area (Å²) in [5.41, 5.74) is 2.58. The first-order valence-corrected chi connectivity index (χ1v) is 10.7. The van der Waals surface area contributed by atoms with E-state index in [1.807, 2.05) is 17.6 Å². The van der Waals surface area contributed by atoms with E-state index < -0.39 is 34.8 Å². The lowest BCUT2D eigenvalue weighted by atomic mass is 10.1. The number of anilines is 1. The van der Waals surface area contributed by atoms with E-state index in [0.29, 0.717) is 40.7 Å². The molecule has 35 heavy (non-hydrogen) atoms. The van der Waals surface area contributed by atoms with Crippen molar-refractivity contribution in [1.29, 1.82) is 0 Å². The van der Waals surface area contributed by atoms with Gasteiger partial charge in [-0.1, -0.05) is 29.8 Å². The lowest BCUT2D eigenvalue weighted by Crippen LogP contribution is -2.07. The average Bonchev–Trinajstić information content (AvgIpc) is 2.84. The van der Waals surface area contributed by atoms with Crippen molar-refractivity contribution in [3.8, 4) is 11.5 Å². The fourth-order valence-corrected chi connectivity index (χ4v) is 3.23. The molecule has 1 N–H and O–H groups in total. The SMILES string of the molecule is C=CCc1cc(C=NNc2c(F)c(F)c(F)c(F)c2F)cc(OCC)c1OCc1ccc(Cl)cc1. The zero-order valence-electron chi connectivity index (χ0n) is 18.5. The molecule has 0 bridgehead atoms. The summed E-state index contributed by atoms with van der Waals surface area (Å²) in [6.07, 6.45) is 3.19. The second-order valence-electron chi connectivity index (χ2n) is 7.16. The highest BCUT2D eigenvalue weighted by Gasteiger charge is 2.25. The number of allylic oxidation sites excluding steroid dienone is 1. The standard InChI is InChI=1S/C25H20ClF5N2O2/c1-3-5-16-10-15(12-32-33-24-22(30)20(28)19(27)21(29)23(24)31)11-18(34-4-2)25(16)35-13-14-6-8-17(26)9-7-14/h3,6-12,33H,1,4-5,13H2,2H3. The quantitative estimate of drug-likeness (QED) is 0.0784. The Morgan fingerprint density at radius 3 is 2.17 bits per heavy atom. The molecule has 184 valence electrons. The number of hydrazone groups is 1. The first-order chi connectivity index (χ1) is 16.8. The van der Waals surface area contributed by atoms with Gasteiger partial charge in [-0.25, -0.2) is 22.0 Å². The molecule has 0 aliphatic heterocycles. The Kier molecular flexibility index (Phi) is 8.70. The third kappa shape index (κ3) is 6.10. The summed E-state index contributed by atoms with van der Waals surface area (Å²) in [4.78, 5) is 0. The molecular weight excluding hydrogens is 491 g/mol. The van der Waals surface area contributed by atoms with Gasteiger partial charge in [-0.15, -0.1) is 6.58 Å². The van der Waals surface area contributed by atoms with Crippen molar-refractivity contribution >= 4 is 23.5 Å². The van der Waals surface area contributed by atoms with Crippen molar-refractivity contribution < 1.29 is 31.4 Å². The van der Waals surface area contributed by atoms with Gasteiger partial charge < -0.3 is 9.47 Å². The molecule has 10 heteroatoms. The number of ether oxygens (including phenoxy) is 2. The fraction of sp³-hybridized carbons (Fsp3) is 0.160. The first-order valence-electron chi connectivity index (χ1n) is 10.3. The van der Waals surface area contributed by atoms with Crippen LogP contribution in [0.25, 0.3) is 0 Å². The van der Waals surface area contributed by atoms with Crippen LogP contribution < -0.4 is 14.9 Å². The number of benzene rings is 3. The van der Waals surface area contributed by atoms with E-state index >= 15 is 0 Å². The molecule has 0 saturated heterocycles. The van der Waals surface area contributed by atoms with Crippen molar-refractivity contribution in [2.24, 2.45) is 5.10 Å². The highest BCUT2D eigenvalue weighted by atomic mass is 35.5. The summed E-state index contributed by atoms with van der Waals surface area (Å²) < 4.78 is 79.4. The lowest BCUT2D eigenvalue weighted by Gasteiger charge is -2.17. The summed E-state index contributed by atoms with van der Waals surface area (Å²) in [5, 5.41) is 4.23. The van der Waals surface area contributed by atoms with Crippen molar-refractivity contribution in [1.82, 2.24) is 0 Å². The molecule has 0 fully saturated rings. The van der Waals surface area contributed by atoms with Gasteiger partial charge in [0.25, 0.3) is 0 Å². The maximum atomic E-state index is 13.8. The predicted octanol–water partition coefficient (Wildman–Crippen LogP) is 7.19. The molecule has 3 aromatic carbocycles. The molecule has 3 rings (SSSR count). The van der Waals surface area contributed by atoms with Crippen LogP contribution in [0.4, 0.5) is 27.6 Å². The van der Waals surface area contributed by atoms with Gasteiger partial charge in [0.15, 0.2) is 34.8 Å². The van der Waals surface area contributed by atoms with Gasteiger partial charge in [-0.05, 0) is 48.7 Å². The molecule has 0 unspecified atom stereocenters. The van der Waals surface area contributed by atoms with E-state index in [2.05, 4.69) is 11.7 Å². The molecule has 0 aliphatic carbocycles. The molecule has 3 aromatic rings. The molecule has 0 aliphatic rings. The zero-order chi connectivity index (χ0) is 25.5. The summed E-state index contributed by atoms with van der Waals surface area (Å²) >= 11 is 5.91. The monoisotopic (exact) mass is 510 g/mol. The molecule has 4 nitrogen and oxygen atoms in total. The highest BCUT2D eigenvalue weighted by molar-refractivity contribution is 6.30. The Hall–Kier alpha value is -3.59. The first kappa shape index (κ1) is 26.0. The smallest absolute Gasteiger partial charge is 0.200 e. The topological polar surface area (TPSA) is 42.9 Å². The minimum absolute atomic E-state index is 0.233. The van der Waals surface area contributed by atoms with Gasteiger partial charge in [0, 0.05) is 10.6 Å². The largest absolute Gasteiger partial charge is 0.490 e. The summed E-state index contributed by atoms with van der Waals surface area (Å²) in [6, 6.07) is 10.4. The third-order valence-electron chi connectivity index (χ3n) is 4.71. The van der Waals surface area contributed by atoms with Crippen LogP contribution in [0, 0.1) is 29.1 Å². The number of nitrogens with zero attached hydrogens (tertiary/aromatic N) is 1. The molecule has 0 amide bonds. The summed E-state index contributed by atoms with van der Waals surface area (Å²) in [6.45, 7) is 6.06. The van der Waals surface area contributed by atoms with E-state index in [1.165, 1.54) is 0 Å². The van der Waals surface area contributed by atoms with Gasteiger partial charge in [0.1, 0.15) is 12.3 Å². The second-order valence-corrected chi connectivity index (χ2v) is 7.60. The van der Waals surface area contributed by atoms with Gasteiger partial charge in [-0.3, -0.25) is 5.43 Å². The molecule has 0 saturated carbocycles. The fourth-order valence-electron chi connectivity index (χ4n) is 3.10. The Balaban J connectivity index is 1.89. The minimum Gasteiger partial charge on any atom is -0.490 e. The van der Waals surface area contributed by atoms with Crippen LogP contribution in [0.3, 0.4) is 0 Å². The van der Waals surface area contributed by atoms with Gasteiger partial charge in [0.05, 0.1) is 12.8 Å². The maximum Gasteiger partial charge on any atom is 0.200 e. The molecule has 0 aromatic heterocycles. The number of hydrogen-bond donors (Lipinski definition) is 1. The minimum atomic E-state index is -2.25. The van der Waals surface area contributed by atoms with E-state index in [1.54, 1.807) is 37.3 Å². The summed E-state index contributed by atoms with van der Waals surface area (Å²) in [7, 11) is 0. The number of rotatable bonds is 10. The van der Waals surface area contributed by atoms with Crippen LogP contribution >= 0.6 is 11.6 Å². The average molecular weight is 511 g/mol. The van der Waals surface area contributed by atoms with E-state index in [0.717, 1.165) is 11.8 Å². The Bertz CT molecular complexity index is 1220. The third-order valence-corrected chi connectivity index (χ3v) is 4.97. The van der Waals surface area contributed by atoms with Crippen molar-refractivity contribution in [3.05, 3.63) is 99.9 Å². The van der Waals surface area contributed by atoms with Crippen molar-refractivity contribution in [3.63, 3.8) is 0 Å². The van der Waals surface area contributed by atoms with E-state index in [9.17, 15) is 22.0 Å². The molecule has 0 spiro atoms. The van der Waals surface area contributed by atoms with E-state index in [4.69, 9.17) is 21.1 Å². The number of hydrogen-bond acceptors (Lipinski definition) is 4. The normalized spacial score (nSPS) is 11.1. The molecule has 0 radical (unpaired) electrons. The number of halogens is 6. The predicted molar refractivity (Wildman–Crippen MR) is 125 cm³/mol. The second kappa shape index (κ2) is 11.7. The maximum absolute atomic E-state index is 13.8. The van der Waals surface area contributed by atoms with Crippen LogP contribution in [0.2, 0.25) is 5.02 Å². The Labute approximate surface area is 203 Å². The van der Waals surface area contributed by atoms with Crippen LogP contribution in [0.1, 0.15) is 23.6 Å². The van der Waals surface area contributed by atoms with Crippen LogP contribution in [-0.4, -0.2) is 12.8 Å². The molecular formula is C25H20ClF5N2O2. The lowest BCUT2D eigenvalue weighted by molar-refractivity contribution is 0.267. The van der Waals surface area contributed by atoms with Crippen LogP contribution in [0.15, 0.2) is 54.2 Å². The Morgan fingerprint density at radius 2 is 1.57 bits per heavy atom. The summed E-state index contributed by atoms with van der Waals surface area (Å²) in [5.74, 6) is -9.60.